The van der Waals surface area contributed by atoms with E-state index < -0.39 is 45.2 Å². The lowest BCUT2D eigenvalue weighted by Gasteiger charge is -2.44. The second kappa shape index (κ2) is 11.5. The van der Waals surface area contributed by atoms with Crippen molar-refractivity contribution in [1.29, 1.82) is 0 Å². The summed E-state index contributed by atoms with van der Waals surface area (Å²) in [6, 6.07) is 30.6. The molecular weight excluding hydrogens is 592 g/mol. The van der Waals surface area contributed by atoms with Gasteiger partial charge >= 0.3 is 5.97 Å². The highest BCUT2D eigenvalue weighted by Gasteiger charge is 2.45. The summed E-state index contributed by atoms with van der Waals surface area (Å²) in [6.45, 7) is 1.19. The average Bonchev–Trinajstić information content (AvgIpc) is 3.81. The van der Waals surface area contributed by atoms with E-state index in [2.05, 4.69) is 41.3 Å². The quantitative estimate of drug-likeness (QED) is 0.142. The predicted octanol–water partition coefficient (Wildman–Crippen LogP) is 7.05. The molecule has 7 rings (SSSR count). The van der Waals surface area contributed by atoms with Gasteiger partial charge in [0.05, 0.1) is 27.0 Å². The monoisotopic (exact) mass is 623 g/mol. The van der Waals surface area contributed by atoms with Gasteiger partial charge in [0, 0.05) is 30.6 Å². The summed E-state index contributed by atoms with van der Waals surface area (Å²) >= 11 is 1.09. The molecule has 1 aliphatic heterocycles. The third kappa shape index (κ3) is 4.82. The molecule has 1 atom stereocenters. The number of pyridine rings is 1. The minimum atomic E-state index is -1.46. The van der Waals surface area contributed by atoms with E-state index in [1.54, 1.807) is 0 Å². The SMILES string of the molecule is Nc1c(F)c(SC2CCN(C(c3ccccc3)(c3ccccc3)c3ccccc3)C2)c(F)c2c1c(=O)c(C(=O)O)cn2C1CC1. The molecule has 6 nitrogen and oxygen atoms in total. The van der Waals surface area contributed by atoms with Gasteiger partial charge in [-0.05, 0) is 36.0 Å². The van der Waals surface area contributed by atoms with Gasteiger partial charge in [-0.1, -0.05) is 91.0 Å². The normalized spacial score (nSPS) is 17.2. The molecule has 1 aliphatic carbocycles. The maximum atomic E-state index is 16.4. The van der Waals surface area contributed by atoms with Gasteiger partial charge in [0.2, 0.25) is 5.43 Å². The third-order valence-corrected chi connectivity index (χ3v) is 10.3. The summed E-state index contributed by atoms with van der Waals surface area (Å²) in [7, 11) is 0. The topological polar surface area (TPSA) is 88.6 Å². The zero-order chi connectivity index (χ0) is 31.3. The molecule has 45 heavy (non-hydrogen) atoms. The minimum Gasteiger partial charge on any atom is -0.477 e. The number of nitrogens with two attached hydrogens (primary N) is 1. The van der Waals surface area contributed by atoms with Crippen LogP contribution in [0.4, 0.5) is 14.5 Å². The average molecular weight is 624 g/mol. The van der Waals surface area contributed by atoms with Gasteiger partial charge in [-0.25, -0.2) is 13.6 Å². The van der Waals surface area contributed by atoms with Crippen molar-refractivity contribution in [3.05, 3.63) is 141 Å². The van der Waals surface area contributed by atoms with Crippen molar-refractivity contribution in [3.8, 4) is 0 Å². The van der Waals surface area contributed by atoms with E-state index in [0.717, 1.165) is 28.5 Å². The van der Waals surface area contributed by atoms with Crippen LogP contribution in [0.2, 0.25) is 0 Å². The first-order valence-electron chi connectivity index (χ1n) is 15.0. The number of benzene rings is 4. The van der Waals surface area contributed by atoms with Crippen molar-refractivity contribution >= 4 is 34.3 Å². The molecular formula is C36H31F2N3O3S. The largest absolute Gasteiger partial charge is 0.477 e. The molecule has 2 heterocycles. The molecule has 0 bridgehead atoms. The number of aromatic nitrogens is 1. The molecule has 1 saturated heterocycles. The Bertz CT molecular complexity index is 1870. The van der Waals surface area contributed by atoms with Gasteiger partial charge in [0.15, 0.2) is 11.6 Å². The molecule has 0 radical (unpaired) electrons. The first-order valence-corrected chi connectivity index (χ1v) is 15.9. The van der Waals surface area contributed by atoms with E-state index in [1.165, 1.54) is 10.8 Å². The molecule has 228 valence electrons. The van der Waals surface area contributed by atoms with E-state index in [0.29, 0.717) is 32.4 Å². The van der Waals surface area contributed by atoms with Crippen LogP contribution in [0, 0.1) is 11.6 Å². The standard InChI is InChI=1S/C36H31F2N3O3S/c37-29-31(39)28-32(41(25-16-17-25)21-27(33(28)42)35(43)44)30(38)34(29)45-26-18-19-40(20-26)36(22-10-4-1-5-11-22,23-12-6-2-7-13-23)24-14-8-3-9-15-24/h1-15,21,25-26H,16-20,39H2,(H,43,44). The van der Waals surface area contributed by atoms with E-state index in [1.807, 2.05) is 54.6 Å². The molecule has 0 amide bonds. The van der Waals surface area contributed by atoms with Crippen molar-refractivity contribution in [3.63, 3.8) is 0 Å². The fourth-order valence-electron chi connectivity index (χ4n) is 6.82. The van der Waals surface area contributed by atoms with E-state index in [4.69, 9.17) is 5.73 Å². The van der Waals surface area contributed by atoms with Gasteiger partial charge < -0.3 is 15.4 Å². The Morgan fingerprint density at radius 3 is 1.87 bits per heavy atom. The zero-order valence-corrected chi connectivity index (χ0v) is 25.1. The van der Waals surface area contributed by atoms with Crippen molar-refractivity contribution in [2.24, 2.45) is 0 Å². The molecule has 3 N–H and O–H groups in total. The van der Waals surface area contributed by atoms with Gasteiger partial charge in [0.25, 0.3) is 0 Å². The molecule has 2 aliphatic rings. The van der Waals surface area contributed by atoms with Crippen LogP contribution in [0.15, 0.2) is 107 Å². The Balaban J connectivity index is 1.32. The number of rotatable bonds is 8. The van der Waals surface area contributed by atoms with Crippen LogP contribution in [-0.2, 0) is 5.54 Å². The number of carbonyl (C=O) groups is 1. The minimum absolute atomic E-state index is 0.129. The number of nitrogens with zero attached hydrogens (tertiary/aromatic N) is 2. The molecule has 1 saturated carbocycles. The van der Waals surface area contributed by atoms with Crippen LogP contribution in [0.3, 0.4) is 0 Å². The smallest absolute Gasteiger partial charge is 0.341 e. The lowest BCUT2D eigenvalue weighted by molar-refractivity contribution is 0.0694. The van der Waals surface area contributed by atoms with Crippen molar-refractivity contribution in [1.82, 2.24) is 9.47 Å². The Kier molecular flexibility index (Phi) is 7.46. The first kappa shape index (κ1) is 29.3. The number of fused-ring (bicyclic) bond motifs is 1. The van der Waals surface area contributed by atoms with Gasteiger partial charge in [-0.15, -0.1) is 11.8 Å². The number of carboxylic acids is 1. The van der Waals surface area contributed by atoms with Gasteiger partial charge in [-0.3, -0.25) is 9.69 Å². The molecule has 5 aromatic rings. The van der Waals surface area contributed by atoms with Crippen molar-refractivity contribution in [2.45, 2.75) is 41.0 Å². The fourth-order valence-corrected chi connectivity index (χ4v) is 8.05. The lowest BCUT2D eigenvalue weighted by atomic mass is 9.75. The van der Waals surface area contributed by atoms with Crippen LogP contribution in [0.1, 0.15) is 52.4 Å². The lowest BCUT2D eigenvalue weighted by Crippen LogP contribution is -2.47. The number of carboxylic acid groups (broad SMARTS) is 1. The van der Waals surface area contributed by atoms with Crippen LogP contribution in [0.5, 0.6) is 0 Å². The van der Waals surface area contributed by atoms with E-state index >= 15 is 8.78 Å². The summed E-state index contributed by atoms with van der Waals surface area (Å²) < 4.78 is 33.8. The highest BCUT2D eigenvalue weighted by atomic mass is 32.2. The maximum Gasteiger partial charge on any atom is 0.341 e. The van der Waals surface area contributed by atoms with Crippen LogP contribution in [0.25, 0.3) is 10.9 Å². The van der Waals surface area contributed by atoms with Crippen LogP contribution in [-0.4, -0.2) is 38.9 Å². The van der Waals surface area contributed by atoms with Crippen molar-refractivity contribution < 1.29 is 18.7 Å². The van der Waals surface area contributed by atoms with Crippen molar-refractivity contribution in [2.75, 3.05) is 18.8 Å². The zero-order valence-electron chi connectivity index (χ0n) is 24.3. The second-order valence-corrected chi connectivity index (χ2v) is 13.0. The molecule has 4 aromatic carbocycles. The number of likely N-dealkylation sites (tertiary alicyclic amines) is 1. The summed E-state index contributed by atoms with van der Waals surface area (Å²) in [6.07, 6.45) is 3.23. The Labute approximate surface area is 263 Å². The predicted molar refractivity (Wildman–Crippen MR) is 173 cm³/mol. The Morgan fingerprint density at radius 2 is 1.38 bits per heavy atom. The third-order valence-electron chi connectivity index (χ3n) is 9.00. The van der Waals surface area contributed by atoms with Crippen LogP contribution < -0.4 is 11.2 Å². The molecule has 0 spiro atoms. The Hall–Kier alpha value is -4.47. The fraction of sp³-hybridized carbons (Fsp3) is 0.222. The molecule has 2 fully saturated rings. The number of anilines is 1. The number of nitrogen functional groups attached to an aromatic ring is 1. The number of hydrogen-bond donors (Lipinski definition) is 2. The summed E-state index contributed by atoms with van der Waals surface area (Å²) in [5, 5.41) is 9.01. The summed E-state index contributed by atoms with van der Waals surface area (Å²) in [5.74, 6) is -3.35. The number of thioether (sulfide) groups is 1. The Morgan fingerprint density at radius 1 is 0.844 bits per heavy atom. The van der Waals surface area contributed by atoms with Crippen LogP contribution >= 0.6 is 11.8 Å². The van der Waals surface area contributed by atoms with Gasteiger partial charge in [-0.2, -0.15) is 0 Å². The summed E-state index contributed by atoms with van der Waals surface area (Å²) in [4.78, 5) is 27.0. The number of hydrogen-bond acceptors (Lipinski definition) is 5. The summed E-state index contributed by atoms with van der Waals surface area (Å²) in [5.41, 5.74) is 6.60. The number of aromatic carboxylic acids is 1. The van der Waals surface area contributed by atoms with Gasteiger partial charge in [0.1, 0.15) is 5.56 Å². The molecule has 9 heteroatoms. The highest BCUT2D eigenvalue weighted by Crippen LogP contribution is 2.47. The van der Waals surface area contributed by atoms with E-state index in [9.17, 15) is 14.7 Å². The number of halogens is 2. The second-order valence-electron chi connectivity index (χ2n) is 11.7. The first-order chi connectivity index (χ1) is 21.8. The highest BCUT2D eigenvalue weighted by molar-refractivity contribution is 8.00. The van der Waals surface area contributed by atoms with E-state index in [-0.39, 0.29) is 21.7 Å². The maximum absolute atomic E-state index is 16.4. The molecule has 1 aromatic heterocycles. The molecule has 1 unspecified atom stereocenters.